The van der Waals surface area contributed by atoms with Gasteiger partial charge in [0.15, 0.2) is 11.6 Å². The predicted octanol–water partition coefficient (Wildman–Crippen LogP) is 10.2. The van der Waals surface area contributed by atoms with Crippen molar-refractivity contribution in [2.75, 3.05) is 88.4 Å². The summed E-state index contributed by atoms with van der Waals surface area (Å²) in [6.45, 7) is 22.9. The molecule has 0 spiro atoms. The Morgan fingerprint density at radius 2 is 1.63 bits per heavy atom. The highest BCUT2D eigenvalue weighted by atomic mass is 19.1. The fourth-order valence-corrected chi connectivity index (χ4v) is 13.0. The van der Waals surface area contributed by atoms with E-state index in [1.165, 1.54) is 36.9 Å². The molecule has 7 aromatic rings. The van der Waals surface area contributed by atoms with E-state index in [4.69, 9.17) is 25.4 Å². The van der Waals surface area contributed by atoms with Gasteiger partial charge in [0.05, 0.1) is 41.2 Å². The third-order valence-corrected chi connectivity index (χ3v) is 17.6. The number of carbonyl (C=O) groups is 3. The quantitative estimate of drug-likeness (QED) is 0.0724. The number of halogens is 2. The van der Waals surface area contributed by atoms with Gasteiger partial charge in [-0.3, -0.25) is 34.0 Å². The molecular formula is C68H85F2N13O7. The Hall–Kier alpha value is -8.42. The number of carbonyl (C=O) groups excluding carboxylic acids is 3. The number of phenols is 1. The smallest absolute Gasteiger partial charge is 0.410 e. The number of piperidine rings is 1. The minimum atomic E-state index is -0.799. The maximum Gasteiger partial charge on any atom is 0.410 e. The molecule has 4 unspecified atom stereocenters. The zero-order valence-corrected chi connectivity index (χ0v) is 53.1. The lowest BCUT2D eigenvalue weighted by Crippen LogP contribution is -2.57. The fraction of sp³-hybridized carbons (Fsp3) is 0.500. The number of hydrogen-bond acceptors (Lipinski definition) is 16. The molecule has 12 rings (SSSR count). The molecule has 4 aromatic heterocycles. The molecule has 22 heteroatoms. The van der Waals surface area contributed by atoms with Crippen LogP contribution in [0.3, 0.4) is 0 Å². The summed E-state index contributed by atoms with van der Waals surface area (Å²) in [6, 6.07) is 17.5. The molecule has 90 heavy (non-hydrogen) atoms. The van der Waals surface area contributed by atoms with Crippen LogP contribution in [0, 0.1) is 29.9 Å². The summed E-state index contributed by atoms with van der Waals surface area (Å²) in [5.41, 5.74) is 2.48. The number of rotatable bonds is 15. The van der Waals surface area contributed by atoms with Gasteiger partial charge in [-0.25, -0.2) is 13.6 Å². The number of hydrogen-bond donors (Lipinski definition) is 2. The van der Waals surface area contributed by atoms with Crippen LogP contribution in [0.5, 0.6) is 11.8 Å². The molecule has 3 aromatic carbocycles. The normalized spacial score (nSPS) is 19.2. The van der Waals surface area contributed by atoms with Crippen molar-refractivity contribution in [2.24, 2.45) is 13.0 Å². The van der Waals surface area contributed by atoms with Gasteiger partial charge in [-0.05, 0) is 133 Å². The van der Waals surface area contributed by atoms with Crippen LogP contribution >= 0.6 is 0 Å². The Balaban J connectivity index is 0.000000380. The van der Waals surface area contributed by atoms with Crippen LogP contribution in [0.25, 0.3) is 44.2 Å². The molecule has 5 aliphatic heterocycles. The minimum Gasteiger partial charge on any atom is -0.508 e. The lowest BCUT2D eigenvalue weighted by molar-refractivity contribution is -0.131. The summed E-state index contributed by atoms with van der Waals surface area (Å²) in [6.07, 6.45) is 16.7. The van der Waals surface area contributed by atoms with Crippen molar-refractivity contribution >= 4 is 51.7 Å². The standard InChI is InChI=1S/C52H62F2N10O6.C13H15N3O.C3H8/c1-6-39-42(53)12-9-34-24-37(65)25-40(45(34)39)47-46(54)48-41(28-55-47)49(62-30-35-10-11-36(31-62)64(35)51(67)69-52(3,4)5)57-50(56-48)68-23-22-59-16-13-33(14-17-59)29-60-18-20-61(21-19-60)43-26-38(70-58-43)27-44(66)63-15-7-8-32(63)2;1-10(14-9-17)11-3-5-12(6-4-11)13-7-8-15-16(13)2;1-3-2/h1,9,12,24-26,28,32-33,35-36,65H,7-8,10-11,13-23,27,29-31H2,2-5H3;3-10H,1-2H3,(H,14,17);3H2,1-2H3. The second-order valence-corrected chi connectivity index (χ2v) is 25.4. The van der Waals surface area contributed by atoms with Crippen LogP contribution in [0.1, 0.15) is 116 Å². The summed E-state index contributed by atoms with van der Waals surface area (Å²) in [5.74, 6) is 3.30. The van der Waals surface area contributed by atoms with Crippen molar-refractivity contribution in [1.29, 1.82) is 0 Å². The summed E-state index contributed by atoms with van der Waals surface area (Å²) >= 11 is 0. The number of aromatic hydroxyl groups is 1. The molecule has 0 aliphatic carbocycles. The number of aromatic nitrogens is 6. The molecule has 3 amide bonds. The summed E-state index contributed by atoms with van der Waals surface area (Å²) < 4.78 is 51.8. The molecular weight excluding hydrogens is 1150 g/mol. The molecule has 5 saturated heterocycles. The average molecular weight is 1230 g/mol. The third kappa shape index (κ3) is 14.9. The van der Waals surface area contributed by atoms with Gasteiger partial charge in [-0.15, -0.1) is 6.42 Å². The molecule has 0 saturated carbocycles. The summed E-state index contributed by atoms with van der Waals surface area (Å²) in [7, 11) is 1.92. The van der Waals surface area contributed by atoms with Gasteiger partial charge >= 0.3 is 12.1 Å². The van der Waals surface area contributed by atoms with Crippen LogP contribution in [0.15, 0.2) is 77.6 Å². The number of amides is 3. The maximum atomic E-state index is 17.2. The second-order valence-electron chi connectivity index (χ2n) is 25.4. The summed E-state index contributed by atoms with van der Waals surface area (Å²) in [4.78, 5) is 63.6. The number of anilines is 2. The van der Waals surface area contributed by atoms with Crippen molar-refractivity contribution in [2.45, 2.75) is 130 Å². The number of likely N-dealkylation sites (tertiary alicyclic amines) is 2. The van der Waals surface area contributed by atoms with Gasteiger partial charge in [0.2, 0.25) is 12.3 Å². The maximum absolute atomic E-state index is 17.2. The van der Waals surface area contributed by atoms with E-state index in [0.717, 1.165) is 120 Å². The lowest BCUT2D eigenvalue weighted by atomic mass is 9.96. The van der Waals surface area contributed by atoms with Crippen molar-refractivity contribution in [3.05, 3.63) is 102 Å². The Morgan fingerprint density at radius 3 is 2.28 bits per heavy atom. The van der Waals surface area contributed by atoms with E-state index in [1.807, 2.05) is 90.5 Å². The van der Waals surface area contributed by atoms with E-state index in [1.54, 1.807) is 6.20 Å². The Morgan fingerprint density at radius 1 is 0.911 bits per heavy atom. The van der Waals surface area contributed by atoms with Crippen molar-refractivity contribution < 1.29 is 42.3 Å². The number of benzene rings is 3. The van der Waals surface area contributed by atoms with E-state index in [0.29, 0.717) is 47.9 Å². The van der Waals surface area contributed by atoms with Crippen LogP contribution in [-0.4, -0.2) is 175 Å². The van der Waals surface area contributed by atoms with E-state index >= 15 is 8.78 Å². The predicted molar refractivity (Wildman–Crippen MR) is 343 cm³/mol. The Kier molecular flexibility index (Phi) is 20.5. The van der Waals surface area contributed by atoms with Gasteiger partial charge < -0.3 is 39.1 Å². The topological polar surface area (TPSA) is 204 Å². The van der Waals surface area contributed by atoms with Crippen molar-refractivity contribution in [3.63, 3.8) is 0 Å². The monoisotopic (exact) mass is 1230 g/mol. The highest BCUT2D eigenvalue weighted by Gasteiger charge is 2.45. The average Bonchev–Trinajstić information content (AvgIpc) is 1.12. The third-order valence-electron chi connectivity index (χ3n) is 17.6. The number of terminal acetylenes is 1. The lowest BCUT2D eigenvalue weighted by Gasteiger charge is -2.42. The molecule has 20 nitrogen and oxygen atoms in total. The van der Waals surface area contributed by atoms with Crippen molar-refractivity contribution in [3.8, 4) is 46.6 Å². The number of piperazine rings is 2. The van der Waals surface area contributed by atoms with Gasteiger partial charge in [0.25, 0.3) is 0 Å². The number of fused-ring (bicyclic) bond motifs is 4. The first kappa shape index (κ1) is 64.6. The molecule has 478 valence electrons. The number of aryl methyl sites for hydroxylation is 1. The van der Waals surface area contributed by atoms with Gasteiger partial charge in [0, 0.05) is 101 Å². The zero-order chi connectivity index (χ0) is 63.8. The molecule has 9 heterocycles. The highest BCUT2D eigenvalue weighted by Crippen LogP contribution is 2.41. The molecule has 5 fully saturated rings. The minimum absolute atomic E-state index is 0.00216. The molecule has 0 radical (unpaired) electrons. The highest BCUT2D eigenvalue weighted by molar-refractivity contribution is 6.03. The molecule has 2 bridgehead atoms. The van der Waals surface area contributed by atoms with E-state index in [-0.39, 0.29) is 88.7 Å². The Labute approximate surface area is 525 Å². The first-order valence-corrected chi connectivity index (χ1v) is 31.7. The van der Waals surface area contributed by atoms with Crippen LogP contribution < -0.4 is 19.9 Å². The number of ether oxygens (including phenoxy) is 2. The molecule has 2 N–H and O–H groups in total. The number of nitrogens with one attached hydrogen (secondary N) is 1. The molecule has 4 atom stereocenters. The molecule has 5 aliphatic rings. The largest absolute Gasteiger partial charge is 0.508 e. The van der Waals surface area contributed by atoms with Gasteiger partial charge in [0.1, 0.15) is 46.6 Å². The fourth-order valence-electron chi connectivity index (χ4n) is 13.0. The SMILES string of the molecule is C#Cc1c(F)ccc2cc(O)cc(-c3ncc4c(N5CC6CCC(C5)N6C(=O)OC(C)(C)C)nc(OCCN5CCC(CN6CCN(c7cc(CC(=O)N8CCCC8C)on7)CC6)CC5)nc4c3F)c12.CC(NC=O)c1ccc(-c2ccnn2C)cc1.CCC. The number of pyridine rings is 1. The first-order chi connectivity index (χ1) is 43.3. The van der Waals surface area contributed by atoms with E-state index in [2.05, 4.69) is 66.9 Å². The van der Waals surface area contributed by atoms with E-state index in [9.17, 15) is 19.5 Å². The Bertz CT molecular complexity index is 3670. The zero-order valence-electron chi connectivity index (χ0n) is 53.1. The second kappa shape index (κ2) is 28.6. The van der Waals surface area contributed by atoms with Crippen LogP contribution in [-0.2, 0) is 27.8 Å². The van der Waals surface area contributed by atoms with Gasteiger partial charge in [-0.2, -0.15) is 15.1 Å². The van der Waals surface area contributed by atoms with Crippen LogP contribution in [0.2, 0.25) is 0 Å². The van der Waals surface area contributed by atoms with Crippen LogP contribution in [0.4, 0.5) is 25.2 Å². The summed E-state index contributed by atoms with van der Waals surface area (Å²) in [5, 5.41) is 22.9. The first-order valence-electron chi connectivity index (χ1n) is 31.7. The number of nitrogens with zero attached hydrogens (tertiary/aromatic N) is 12. The van der Waals surface area contributed by atoms with E-state index < -0.39 is 17.2 Å². The van der Waals surface area contributed by atoms with Gasteiger partial charge in [-0.1, -0.05) is 61.7 Å². The van der Waals surface area contributed by atoms with Crippen molar-refractivity contribution in [1.82, 2.24) is 54.8 Å². The number of phenolic OH excluding ortho intramolecular Hbond substituents is 1.